The third-order valence-electron chi connectivity index (χ3n) is 2.73. The number of rotatable bonds is 2. The van der Waals surface area contributed by atoms with Gasteiger partial charge in [0.25, 0.3) is 0 Å². The Labute approximate surface area is 111 Å². The Balaban J connectivity index is 0.000000771. The second-order valence-corrected chi connectivity index (χ2v) is 3.96. The van der Waals surface area contributed by atoms with Crippen molar-refractivity contribution in [2.24, 2.45) is 0 Å². The Morgan fingerprint density at radius 3 is 2.28 bits per heavy atom. The molecule has 0 amide bonds. The summed E-state index contributed by atoms with van der Waals surface area (Å²) in [6.45, 7) is 10.7. The predicted octanol–water partition coefficient (Wildman–Crippen LogP) is 2.92. The second-order valence-electron chi connectivity index (χ2n) is 3.96. The molecule has 1 heterocycles. The zero-order valence-electron chi connectivity index (χ0n) is 11.7. The summed E-state index contributed by atoms with van der Waals surface area (Å²) in [6, 6.07) is 8.50. The molecular weight excluding hydrogens is 222 g/mol. The first-order chi connectivity index (χ1) is 8.88. The monoisotopic (exact) mass is 245 g/mol. The lowest BCUT2D eigenvalue weighted by Crippen LogP contribution is -2.35. The van der Waals surface area contributed by atoms with E-state index in [0.717, 1.165) is 38.4 Å². The van der Waals surface area contributed by atoms with Crippen LogP contribution in [0.3, 0.4) is 0 Å². The van der Waals surface area contributed by atoms with Crippen LogP contribution in [0.1, 0.15) is 31.9 Å². The maximum absolute atomic E-state index is 5.33. The molecule has 0 atom stereocenters. The molecule has 2 heteroatoms. The summed E-state index contributed by atoms with van der Waals surface area (Å²) in [5.74, 6) is 5.96. The maximum Gasteiger partial charge on any atom is 0.0594 e. The lowest BCUT2D eigenvalue weighted by atomic mass is 10.1. The van der Waals surface area contributed by atoms with Gasteiger partial charge in [-0.3, -0.25) is 4.90 Å². The fraction of sp³-hybridized carbons (Fsp3) is 0.500. The summed E-state index contributed by atoms with van der Waals surface area (Å²) in [7, 11) is 0. The molecule has 0 unspecified atom stereocenters. The number of hydrogen-bond acceptors (Lipinski definition) is 2. The van der Waals surface area contributed by atoms with Gasteiger partial charge in [-0.2, -0.15) is 0 Å². The minimum absolute atomic E-state index is 0.861. The molecule has 0 N–H and O–H groups in total. The van der Waals surface area contributed by atoms with Crippen LogP contribution in [0.5, 0.6) is 0 Å². The smallest absolute Gasteiger partial charge is 0.0594 e. The highest BCUT2D eigenvalue weighted by molar-refractivity contribution is 5.35. The van der Waals surface area contributed by atoms with E-state index in [1.54, 1.807) is 0 Å². The Morgan fingerprint density at radius 1 is 1.11 bits per heavy atom. The van der Waals surface area contributed by atoms with Crippen molar-refractivity contribution >= 4 is 0 Å². The van der Waals surface area contributed by atoms with Crippen LogP contribution in [-0.4, -0.2) is 31.2 Å². The average Bonchev–Trinajstić information content (AvgIpc) is 2.45. The van der Waals surface area contributed by atoms with E-state index in [2.05, 4.69) is 41.0 Å². The lowest BCUT2D eigenvalue weighted by Gasteiger charge is -2.26. The summed E-state index contributed by atoms with van der Waals surface area (Å²) in [5, 5.41) is 0. The summed E-state index contributed by atoms with van der Waals surface area (Å²) < 4.78 is 5.33. The quantitative estimate of drug-likeness (QED) is 0.743. The van der Waals surface area contributed by atoms with Crippen molar-refractivity contribution in [1.29, 1.82) is 0 Å². The van der Waals surface area contributed by atoms with Crippen LogP contribution in [-0.2, 0) is 11.3 Å². The lowest BCUT2D eigenvalue weighted by molar-refractivity contribution is 0.0342. The first-order valence-electron chi connectivity index (χ1n) is 6.70. The van der Waals surface area contributed by atoms with E-state index in [9.17, 15) is 0 Å². The highest BCUT2D eigenvalue weighted by atomic mass is 16.5. The standard InChI is InChI=1S/C14H17NO.C2H6/c1-2-3-13-4-6-14(7-5-13)12-15-8-10-16-11-9-15;1-2/h4-7H,8-12H2,1H3;1-2H3. The fourth-order valence-electron chi connectivity index (χ4n) is 1.86. The van der Waals surface area contributed by atoms with Crippen molar-refractivity contribution in [1.82, 2.24) is 4.90 Å². The zero-order chi connectivity index (χ0) is 13.2. The van der Waals surface area contributed by atoms with Crippen LogP contribution >= 0.6 is 0 Å². The van der Waals surface area contributed by atoms with E-state index >= 15 is 0 Å². The Bertz CT molecular complexity index is 380. The zero-order valence-corrected chi connectivity index (χ0v) is 11.7. The number of hydrogen-bond donors (Lipinski definition) is 0. The van der Waals surface area contributed by atoms with E-state index in [-0.39, 0.29) is 0 Å². The van der Waals surface area contributed by atoms with E-state index < -0.39 is 0 Å². The van der Waals surface area contributed by atoms with Gasteiger partial charge < -0.3 is 4.74 Å². The number of ether oxygens (including phenoxy) is 1. The molecule has 98 valence electrons. The molecule has 0 bridgehead atoms. The van der Waals surface area contributed by atoms with Gasteiger partial charge in [0.15, 0.2) is 0 Å². The second kappa shape index (κ2) is 8.74. The highest BCUT2D eigenvalue weighted by Gasteiger charge is 2.10. The molecule has 1 aliphatic heterocycles. The van der Waals surface area contributed by atoms with Crippen LogP contribution in [0.2, 0.25) is 0 Å². The molecule has 0 saturated carbocycles. The summed E-state index contributed by atoms with van der Waals surface area (Å²) in [6.07, 6.45) is 0. The van der Waals surface area contributed by atoms with E-state index in [1.807, 2.05) is 20.8 Å². The van der Waals surface area contributed by atoms with Crippen molar-refractivity contribution in [3.8, 4) is 11.8 Å². The molecule has 2 rings (SSSR count). The van der Waals surface area contributed by atoms with Crippen LogP contribution in [0.15, 0.2) is 24.3 Å². The van der Waals surface area contributed by atoms with Crippen molar-refractivity contribution in [3.63, 3.8) is 0 Å². The van der Waals surface area contributed by atoms with E-state index in [0.29, 0.717) is 0 Å². The molecule has 1 aromatic carbocycles. The van der Waals surface area contributed by atoms with Gasteiger partial charge >= 0.3 is 0 Å². The third-order valence-corrected chi connectivity index (χ3v) is 2.73. The predicted molar refractivity (Wildman–Crippen MR) is 76.4 cm³/mol. The summed E-state index contributed by atoms with van der Waals surface area (Å²) in [5.41, 5.74) is 2.44. The maximum atomic E-state index is 5.33. The molecule has 1 fully saturated rings. The van der Waals surface area contributed by atoms with Crippen molar-refractivity contribution in [2.75, 3.05) is 26.3 Å². The Hall–Kier alpha value is -1.30. The van der Waals surface area contributed by atoms with Gasteiger partial charge in [0.1, 0.15) is 0 Å². The first kappa shape index (κ1) is 14.8. The molecule has 1 aliphatic rings. The average molecular weight is 245 g/mol. The summed E-state index contributed by atoms with van der Waals surface area (Å²) >= 11 is 0. The molecule has 1 aromatic rings. The minimum atomic E-state index is 0.861. The molecular formula is C16H23NO. The van der Waals surface area contributed by atoms with Crippen LogP contribution in [0, 0.1) is 11.8 Å². The van der Waals surface area contributed by atoms with Crippen molar-refractivity contribution in [3.05, 3.63) is 35.4 Å². The third kappa shape index (κ3) is 4.91. The Kier molecular flexibility index (Phi) is 7.17. The van der Waals surface area contributed by atoms with Gasteiger partial charge in [-0.25, -0.2) is 0 Å². The van der Waals surface area contributed by atoms with Gasteiger partial charge in [0, 0.05) is 25.2 Å². The van der Waals surface area contributed by atoms with Crippen molar-refractivity contribution < 1.29 is 4.74 Å². The van der Waals surface area contributed by atoms with E-state index in [4.69, 9.17) is 4.74 Å². The van der Waals surface area contributed by atoms with Crippen LogP contribution < -0.4 is 0 Å². The van der Waals surface area contributed by atoms with Gasteiger partial charge in [-0.15, -0.1) is 5.92 Å². The largest absolute Gasteiger partial charge is 0.379 e. The van der Waals surface area contributed by atoms with E-state index in [1.165, 1.54) is 5.56 Å². The normalized spacial score (nSPS) is 15.1. The minimum Gasteiger partial charge on any atom is -0.379 e. The Morgan fingerprint density at radius 2 is 1.72 bits per heavy atom. The molecule has 0 radical (unpaired) electrons. The fourth-order valence-corrected chi connectivity index (χ4v) is 1.86. The first-order valence-corrected chi connectivity index (χ1v) is 6.70. The molecule has 0 aromatic heterocycles. The number of nitrogens with zero attached hydrogens (tertiary/aromatic N) is 1. The topological polar surface area (TPSA) is 12.5 Å². The van der Waals surface area contributed by atoms with Crippen LogP contribution in [0.25, 0.3) is 0 Å². The van der Waals surface area contributed by atoms with Gasteiger partial charge in [-0.1, -0.05) is 31.9 Å². The molecule has 2 nitrogen and oxygen atoms in total. The summed E-state index contributed by atoms with van der Waals surface area (Å²) in [4.78, 5) is 2.42. The molecule has 18 heavy (non-hydrogen) atoms. The number of benzene rings is 1. The molecule has 1 saturated heterocycles. The van der Waals surface area contributed by atoms with Crippen molar-refractivity contribution in [2.45, 2.75) is 27.3 Å². The van der Waals surface area contributed by atoms with Gasteiger partial charge in [0.05, 0.1) is 13.2 Å². The number of morpholine rings is 1. The SMILES string of the molecule is CC.CC#Cc1ccc(CN2CCOCC2)cc1. The highest BCUT2D eigenvalue weighted by Crippen LogP contribution is 2.08. The molecule has 0 spiro atoms. The van der Waals surface area contributed by atoms with Gasteiger partial charge in [-0.05, 0) is 24.6 Å². The van der Waals surface area contributed by atoms with Crippen LogP contribution in [0.4, 0.5) is 0 Å². The van der Waals surface area contributed by atoms with Gasteiger partial charge in [0.2, 0.25) is 0 Å². The molecule has 0 aliphatic carbocycles.